The van der Waals surface area contributed by atoms with E-state index >= 15 is 0 Å². The molecule has 0 aliphatic rings. The summed E-state index contributed by atoms with van der Waals surface area (Å²) in [6, 6.07) is 99.4. The van der Waals surface area contributed by atoms with E-state index in [9.17, 15) is 0 Å². The van der Waals surface area contributed by atoms with Gasteiger partial charge in [-0.2, -0.15) is 0 Å². The fraction of sp³-hybridized carbons (Fsp3) is 0. The average molecular weight is 852 g/mol. The molecule has 0 spiro atoms. The second-order valence-corrected chi connectivity index (χ2v) is 17.2. The van der Waals surface area contributed by atoms with Gasteiger partial charge in [-0.05, 0) is 148 Å². The van der Waals surface area contributed by atoms with Crippen molar-refractivity contribution in [3.05, 3.63) is 273 Å². The molecule has 12 rings (SSSR count). The zero-order chi connectivity index (χ0) is 44.5. The molecule has 314 valence electrons. The number of fused-ring (bicyclic) bond motifs is 4. The van der Waals surface area contributed by atoms with Crippen LogP contribution in [0.3, 0.4) is 0 Å². The highest BCUT2D eigenvalue weighted by Crippen LogP contribution is 2.44. The summed E-state index contributed by atoms with van der Waals surface area (Å²) in [4.78, 5) is 2.39. The molecule has 12 aromatic rings. The lowest BCUT2D eigenvalue weighted by Crippen LogP contribution is -2.10. The van der Waals surface area contributed by atoms with Crippen LogP contribution in [0.4, 0.5) is 17.1 Å². The number of hydrogen-bond donors (Lipinski definition) is 0. The van der Waals surface area contributed by atoms with Gasteiger partial charge in [0.05, 0.1) is 0 Å². The van der Waals surface area contributed by atoms with Gasteiger partial charge in [-0.25, -0.2) is 0 Å². The Morgan fingerprint density at radius 3 is 1.22 bits per heavy atom. The zero-order valence-electron chi connectivity index (χ0n) is 36.9. The van der Waals surface area contributed by atoms with E-state index in [1.54, 1.807) is 0 Å². The Labute approximate surface area is 392 Å². The van der Waals surface area contributed by atoms with Crippen molar-refractivity contribution >= 4 is 49.4 Å². The lowest BCUT2D eigenvalue weighted by Gasteiger charge is -2.27. The topological polar surface area (TPSA) is 3.24 Å². The van der Waals surface area contributed by atoms with E-state index in [1.807, 2.05) is 0 Å². The van der Waals surface area contributed by atoms with Crippen LogP contribution in [-0.2, 0) is 0 Å². The summed E-state index contributed by atoms with van der Waals surface area (Å²) < 4.78 is 0. The van der Waals surface area contributed by atoms with E-state index in [4.69, 9.17) is 0 Å². The molecule has 1 heteroatoms. The van der Waals surface area contributed by atoms with Gasteiger partial charge in [0.2, 0.25) is 0 Å². The van der Waals surface area contributed by atoms with Gasteiger partial charge in [-0.15, -0.1) is 0 Å². The molecular formula is C66H45N. The Kier molecular flexibility index (Phi) is 10.3. The second-order valence-electron chi connectivity index (χ2n) is 17.2. The number of benzene rings is 12. The first-order chi connectivity index (χ1) is 33.2. The van der Waals surface area contributed by atoms with Crippen molar-refractivity contribution in [3.8, 4) is 66.8 Å². The van der Waals surface area contributed by atoms with Gasteiger partial charge in [0, 0.05) is 17.1 Å². The molecule has 0 fully saturated rings. The lowest BCUT2D eigenvalue weighted by molar-refractivity contribution is 1.28. The third kappa shape index (κ3) is 7.53. The first-order valence-corrected chi connectivity index (χ1v) is 23.1. The van der Waals surface area contributed by atoms with Crippen LogP contribution in [-0.4, -0.2) is 0 Å². The number of nitrogens with zero attached hydrogens (tertiary/aromatic N) is 1. The van der Waals surface area contributed by atoms with Crippen molar-refractivity contribution in [2.75, 3.05) is 4.90 Å². The highest BCUT2D eigenvalue weighted by molar-refractivity contribution is 6.14. The van der Waals surface area contributed by atoms with Crippen LogP contribution in [0.1, 0.15) is 0 Å². The number of hydrogen-bond acceptors (Lipinski definition) is 1. The van der Waals surface area contributed by atoms with Gasteiger partial charge in [-0.3, -0.25) is 0 Å². The molecule has 0 bridgehead atoms. The molecule has 1 nitrogen and oxygen atoms in total. The zero-order valence-corrected chi connectivity index (χ0v) is 36.9. The molecule has 12 aromatic carbocycles. The van der Waals surface area contributed by atoms with Crippen LogP contribution < -0.4 is 4.90 Å². The summed E-state index contributed by atoms with van der Waals surface area (Å²) in [6.45, 7) is 0. The minimum atomic E-state index is 1.08. The quantitative estimate of drug-likeness (QED) is 0.131. The smallest absolute Gasteiger partial charge is 0.0467 e. The monoisotopic (exact) mass is 851 g/mol. The van der Waals surface area contributed by atoms with E-state index < -0.39 is 0 Å². The van der Waals surface area contributed by atoms with Crippen molar-refractivity contribution in [2.24, 2.45) is 0 Å². The van der Waals surface area contributed by atoms with Crippen LogP contribution in [0.2, 0.25) is 0 Å². The van der Waals surface area contributed by atoms with Gasteiger partial charge < -0.3 is 4.90 Å². The van der Waals surface area contributed by atoms with Gasteiger partial charge in [-0.1, -0.05) is 224 Å². The molecular weight excluding hydrogens is 807 g/mol. The largest absolute Gasteiger partial charge is 0.310 e. The summed E-state index contributed by atoms with van der Waals surface area (Å²) in [7, 11) is 0. The van der Waals surface area contributed by atoms with Gasteiger partial charge in [0.25, 0.3) is 0 Å². The Morgan fingerprint density at radius 2 is 0.597 bits per heavy atom. The van der Waals surface area contributed by atoms with E-state index in [2.05, 4.69) is 278 Å². The molecule has 0 unspecified atom stereocenters. The Balaban J connectivity index is 0.956. The maximum absolute atomic E-state index is 2.39. The SMILES string of the molecule is c1ccc(-c2ccccc2-c2ccccc2-c2ccccc2-c2ccc(N(c3ccc(-c4cc5ccccc5c5ccccc45)cc3)c3cccc(-c4ccc5ccccc5c4)c3)cc2)cc1. The van der Waals surface area contributed by atoms with Gasteiger partial charge >= 0.3 is 0 Å². The predicted molar refractivity (Wildman–Crippen MR) is 286 cm³/mol. The Bertz CT molecular complexity index is 3730. The summed E-state index contributed by atoms with van der Waals surface area (Å²) in [5.74, 6) is 0. The highest BCUT2D eigenvalue weighted by atomic mass is 15.1. The van der Waals surface area contributed by atoms with Crippen LogP contribution in [0.15, 0.2) is 273 Å². The van der Waals surface area contributed by atoms with Crippen LogP contribution in [0.25, 0.3) is 99.1 Å². The van der Waals surface area contributed by atoms with Gasteiger partial charge in [0.1, 0.15) is 0 Å². The van der Waals surface area contributed by atoms with Crippen LogP contribution in [0, 0.1) is 0 Å². The standard InChI is InChI=1S/C66H45N/c1-2-18-47(19-3-1)57-24-8-10-27-60(57)63-30-13-14-31-64(63)61-28-11-9-25-58(61)48-35-39-54(40-36-48)67(56-23-16-22-51(44-56)52-34-33-46-17-4-5-20-50(46)43-52)55-41-37-49(38-42-55)66-45-53-21-6-7-26-59(53)62-29-12-15-32-65(62)66/h1-45H. The first-order valence-electron chi connectivity index (χ1n) is 23.1. The minimum Gasteiger partial charge on any atom is -0.310 e. The van der Waals surface area contributed by atoms with Crippen LogP contribution in [0.5, 0.6) is 0 Å². The van der Waals surface area contributed by atoms with E-state index in [-0.39, 0.29) is 0 Å². The maximum Gasteiger partial charge on any atom is 0.0467 e. The average Bonchev–Trinajstić information content (AvgIpc) is 3.41. The summed E-state index contributed by atoms with van der Waals surface area (Å²) in [5, 5.41) is 7.53. The third-order valence-electron chi connectivity index (χ3n) is 13.3. The van der Waals surface area contributed by atoms with E-state index in [0.29, 0.717) is 0 Å². The third-order valence-corrected chi connectivity index (χ3v) is 13.3. The van der Waals surface area contributed by atoms with E-state index in [1.165, 1.54) is 93.5 Å². The lowest BCUT2D eigenvalue weighted by atomic mass is 9.87. The molecule has 0 saturated heterocycles. The molecule has 0 atom stereocenters. The number of anilines is 3. The van der Waals surface area contributed by atoms with Crippen molar-refractivity contribution in [3.63, 3.8) is 0 Å². The number of rotatable bonds is 9. The van der Waals surface area contributed by atoms with Gasteiger partial charge in [0.15, 0.2) is 0 Å². The second kappa shape index (κ2) is 17.3. The molecule has 0 heterocycles. The van der Waals surface area contributed by atoms with E-state index in [0.717, 1.165) is 22.6 Å². The van der Waals surface area contributed by atoms with Crippen molar-refractivity contribution in [2.45, 2.75) is 0 Å². The molecule has 0 amide bonds. The van der Waals surface area contributed by atoms with Crippen LogP contribution >= 0.6 is 0 Å². The van der Waals surface area contributed by atoms with Crippen molar-refractivity contribution in [1.29, 1.82) is 0 Å². The molecule has 0 aliphatic carbocycles. The fourth-order valence-corrected chi connectivity index (χ4v) is 10.0. The maximum atomic E-state index is 2.39. The molecule has 0 N–H and O–H groups in total. The minimum absolute atomic E-state index is 1.08. The summed E-state index contributed by atoms with van der Waals surface area (Å²) in [6.07, 6.45) is 0. The normalized spacial score (nSPS) is 11.3. The fourth-order valence-electron chi connectivity index (χ4n) is 10.0. The predicted octanol–water partition coefficient (Wildman–Crippen LogP) is 18.6. The molecule has 0 radical (unpaired) electrons. The summed E-state index contributed by atoms with van der Waals surface area (Å²) in [5.41, 5.74) is 17.7. The first kappa shape index (κ1) is 39.8. The van der Waals surface area contributed by atoms with Crippen molar-refractivity contribution in [1.82, 2.24) is 0 Å². The summed E-state index contributed by atoms with van der Waals surface area (Å²) >= 11 is 0. The molecule has 67 heavy (non-hydrogen) atoms. The highest BCUT2D eigenvalue weighted by Gasteiger charge is 2.18. The van der Waals surface area contributed by atoms with Crippen molar-refractivity contribution < 1.29 is 0 Å². The Morgan fingerprint density at radius 1 is 0.179 bits per heavy atom. The molecule has 0 aromatic heterocycles. The Hall–Kier alpha value is -8.78. The molecule has 0 saturated carbocycles. The molecule has 0 aliphatic heterocycles.